The molecular weight excluding hydrogens is 572 g/mol. The fourth-order valence-electron chi connectivity index (χ4n) is 5.27. The van der Waals surface area contributed by atoms with E-state index >= 15 is 0 Å². The molecule has 2 heterocycles. The maximum Gasteiger partial charge on any atom is 0.422 e. The number of benzene rings is 2. The number of ketones is 1. The van der Waals surface area contributed by atoms with Gasteiger partial charge in [-0.05, 0) is 80.6 Å². The molecule has 1 fully saturated rings. The lowest BCUT2D eigenvalue weighted by Gasteiger charge is -2.31. The quantitative estimate of drug-likeness (QED) is 0.206. The van der Waals surface area contributed by atoms with E-state index in [1.807, 2.05) is 0 Å². The number of halogens is 4. The number of aliphatic hydroxyl groups is 2. The number of Topliss-reactive ketones (excluding diaryl/α,β-unsaturated/α-hetero) is 1. The molecule has 1 aliphatic heterocycles. The number of carbonyl (C=O) groups is 1. The summed E-state index contributed by atoms with van der Waals surface area (Å²) in [7, 11) is 1.34. The number of hydrogen-bond acceptors (Lipinski definition) is 8. The zero-order valence-corrected chi connectivity index (χ0v) is 23.6. The molecule has 0 bridgehead atoms. The van der Waals surface area contributed by atoms with Gasteiger partial charge in [0.1, 0.15) is 24.7 Å². The van der Waals surface area contributed by atoms with Crippen molar-refractivity contribution in [1.29, 1.82) is 0 Å². The first-order valence-electron chi connectivity index (χ1n) is 13.8. The van der Waals surface area contributed by atoms with E-state index in [0.717, 1.165) is 31.0 Å². The van der Waals surface area contributed by atoms with Crippen molar-refractivity contribution in [3.05, 3.63) is 71.2 Å². The van der Waals surface area contributed by atoms with Crippen LogP contribution in [0.1, 0.15) is 54.2 Å². The Labute approximate surface area is 245 Å². The van der Waals surface area contributed by atoms with Crippen LogP contribution >= 0.6 is 0 Å². The summed E-state index contributed by atoms with van der Waals surface area (Å²) in [5, 5.41) is 20.8. The lowest BCUT2D eigenvalue weighted by molar-refractivity contribution is -0.270. The maximum atomic E-state index is 14.7. The Kier molecular flexibility index (Phi) is 8.14. The third-order valence-corrected chi connectivity index (χ3v) is 7.93. The molecule has 0 spiro atoms. The maximum absolute atomic E-state index is 14.7. The molecule has 43 heavy (non-hydrogen) atoms. The molecule has 0 unspecified atom stereocenters. The van der Waals surface area contributed by atoms with Gasteiger partial charge in [0.05, 0.1) is 24.4 Å². The van der Waals surface area contributed by atoms with Crippen molar-refractivity contribution < 1.29 is 46.8 Å². The van der Waals surface area contributed by atoms with Crippen LogP contribution in [0.15, 0.2) is 48.5 Å². The van der Waals surface area contributed by atoms with Crippen molar-refractivity contribution in [3.8, 4) is 28.5 Å². The number of aromatic nitrogens is 1. The van der Waals surface area contributed by atoms with E-state index in [0.29, 0.717) is 0 Å². The average Bonchev–Trinajstić information content (AvgIpc) is 3.78. The molecule has 5 rings (SSSR count). The fourth-order valence-corrected chi connectivity index (χ4v) is 5.27. The number of rotatable bonds is 11. The van der Waals surface area contributed by atoms with Gasteiger partial charge >= 0.3 is 6.18 Å². The molecule has 12 heteroatoms. The van der Waals surface area contributed by atoms with Gasteiger partial charge in [-0.25, -0.2) is 9.37 Å². The zero-order chi connectivity index (χ0) is 31.2. The van der Waals surface area contributed by atoms with Crippen LogP contribution in [0.3, 0.4) is 0 Å². The fraction of sp³-hybridized carbons (Fsp3) is 0.419. The second-order valence-electron chi connectivity index (χ2n) is 11.1. The van der Waals surface area contributed by atoms with Gasteiger partial charge in [0, 0.05) is 23.1 Å². The Balaban J connectivity index is 1.50. The first kappa shape index (κ1) is 30.7. The molecule has 1 aliphatic carbocycles. The van der Waals surface area contributed by atoms with E-state index < -0.39 is 53.6 Å². The van der Waals surface area contributed by atoms with E-state index in [1.54, 1.807) is 0 Å². The van der Waals surface area contributed by atoms with Crippen molar-refractivity contribution in [2.24, 2.45) is 11.7 Å². The highest BCUT2D eigenvalue weighted by molar-refractivity contribution is 5.96. The van der Waals surface area contributed by atoms with E-state index in [-0.39, 0.29) is 58.8 Å². The number of ether oxygens (including phenoxy) is 3. The van der Waals surface area contributed by atoms with Crippen molar-refractivity contribution in [1.82, 2.24) is 4.98 Å². The Hall–Kier alpha value is -3.74. The van der Waals surface area contributed by atoms with Crippen LogP contribution in [0, 0.1) is 11.7 Å². The predicted molar refractivity (Wildman–Crippen MR) is 147 cm³/mol. The van der Waals surface area contributed by atoms with Crippen LogP contribution in [0.4, 0.5) is 17.6 Å². The monoisotopic (exact) mass is 604 g/mol. The number of hydrogen-bond donors (Lipinski definition) is 3. The predicted octanol–water partition coefficient (Wildman–Crippen LogP) is 5.03. The van der Waals surface area contributed by atoms with Gasteiger partial charge in [0.15, 0.2) is 23.0 Å². The molecule has 3 aromatic rings. The largest absolute Gasteiger partial charge is 0.493 e. The molecule has 4 N–H and O–H groups in total. The van der Waals surface area contributed by atoms with Gasteiger partial charge in [-0.3, -0.25) is 4.79 Å². The minimum Gasteiger partial charge on any atom is -0.493 e. The minimum absolute atomic E-state index is 0.00741. The Morgan fingerprint density at radius 3 is 2.47 bits per heavy atom. The summed E-state index contributed by atoms with van der Waals surface area (Å²) in [5.74, 6) is -0.666. The number of carbonyl (C=O) groups excluding carboxylic acids is 1. The average molecular weight is 605 g/mol. The number of nitrogens with zero attached hydrogens (tertiary/aromatic N) is 1. The molecular formula is C31H32F4N2O6. The summed E-state index contributed by atoms with van der Waals surface area (Å²) in [6.07, 6.45) is -6.16. The van der Waals surface area contributed by atoms with Gasteiger partial charge in [-0.15, -0.1) is 0 Å². The van der Waals surface area contributed by atoms with E-state index in [4.69, 9.17) is 19.9 Å². The van der Waals surface area contributed by atoms with Gasteiger partial charge in [-0.2, -0.15) is 13.2 Å². The molecule has 0 saturated heterocycles. The van der Waals surface area contributed by atoms with Crippen molar-refractivity contribution in [3.63, 3.8) is 0 Å². The zero-order valence-electron chi connectivity index (χ0n) is 23.6. The van der Waals surface area contributed by atoms with Gasteiger partial charge in [0.25, 0.3) is 0 Å². The minimum atomic E-state index is -5.22. The summed E-state index contributed by atoms with van der Waals surface area (Å²) >= 11 is 0. The number of pyridine rings is 1. The molecule has 2 aliphatic rings. The molecule has 2 aromatic carbocycles. The number of nitrogens with two attached hydrogens (primary N) is 1. The highest BCUT2D eigenvalue weighted by Crippen LogP contribution is 2.54. The topological polar surface area (TPSA) is 124 Å². The summed E-state index contributed by atoms with van der Waals surface area (Å²) in [4.78, 5) is 17.3. The standard InChI is InChI=1S/C31H32F4N2O6/c1-17(38)15-42-24-10-5-19(13-25(24)41-2)23(39)11-12-30(40,31(33,34)35)26-14-22-28(43-16-29(22,36)20-6-7-20)27(37-26)18-3-8-21(32)9-4-18/h3-5,8-10,13-14,17,20,38,40H,6-7,11-12,15-16,36H2,1-2H3/t17-,29+,30+/m1/s1. The van der Waals surface area contributed by atoms with E-state index in [9.17, 15) is 32.6 Å². The second-order valence-corrected chi connectivity index (χ2v) is 11.1. The van der Waals surface area contributed by atoms with Gasteiger partial charge in [-0.1, -0.05) is 0 Å². The van der Waals surface area contributed by atoms with Crippen LogP contribution in [-0.4, -0.2) is 53.6 Å². The molecule has 8 nitrogen and oxygen atoms in total. The number of alkyl halides is 3. The molecule has 230 valence electrons. The number of aliphatic hydroxyl groups excluding tert-OH is 1. The van der Waals surface area contributed by atoms with Crippen molar-refractivity contribution >= 4 is 5.78 Å². The first-order valence-corrected chi connectivity index (χ1v) is 13.8. The van der Waals surface area contributed by atoms with E-state index in [2.05, 4.69) is 4.98 Å². The highest BCUT2D eigenvalue weighted by atomic mass is 19.4. The highest BCUT2D eigenvalue weighted by Gasteiger charge is 2.58. The molecule has 0 radical (unpaired) electrons. The van der Waals surface area contributed by atoms with E-state index in [1.165, 1.54) is 44.4 Å². The SMILES string of the molecule is COc1cc(C(=O)CC[C@](O)(c2cc3c(c(-c4ccc(F)cc4)n2)OC[C@]3(N)C2CC2)C(F)(F)F)ccc1OC[C@@H](C)O. The summed E-state index contributed by atoms with van der Waals surface area (Å²) < 4.78 is 74.3. The normalized spacial score (nSPS) is 20.1. The lowest BCUT2D eigenvalue weighted by atomic mass is 9.83. The Morgan fingerprint density at radius 1 is 1.16 bits per heavy atom. The Bertz CT molecular complexity index is 1510. The summed E-state index contributed by atoms with van der Waals surface area (Å²) in [5.41, 5.74) is 1.94. The third kappa shape index (κ3) is 5.91. The van der Waals surface area contributed by atoms with Crippen molar-refractivity contribution in [2.75, 3.05) is 20.3 Å². The van der Waals surface area contributed by atoms with Crippen LogP contribution in [0.25, 0.3) is 11.3 Å². The van der Waals surface area contributed by atoms with Crippen LogP contribution in [0.2, 0.25) is 0 Å². The first-order chi connectivity index (χ1) is 20.3. The molecule has 1 saturated carbocycles. The van der Waals surface area contributed by atoms with Gasteiger partial charge in [0.2, 0.25) is 5.60 Å². The molecule has 1 aromatic heterocycles. The molecule has 0 amide bonds. The second kappa shape index (κ2) is 11.4. The summed E-state index contributed by atoms with van der Waals surface area (Å²) in [6, 6.07) is 10.2. The van der Waals surface area contributed by atoms with Crippen LogP contribution in [-0.2, 0) is 11.1 Å². The lowest BCUT2D eigenvalue weighted by Crippen LogP contribution is -2.44. The van der Waals surface area contributed by atoms with Crippen molar-refractivity contribution in [2.45, 2.75) is 56.0 Å². The smallest absolute Gasteiger partial charge is 0.422 e. The Morgan fingerprint density at radius 2 is 1.86 bits per heavy atom. The molecule has 3 atom stereocenters. The van der Waals surface area contributed by atoms with Crippen LogP contribution in [0.5, 0.6) is 17.2 Å². The summed E-state index contributed by atoms with van der Waals surface area (Å²) in [6.45, 7) is 1.51. The van der Waals surface area contributed by atoms with Crippen LogP contribution < -0.4 is 19.9 Å². The van der Waals surface area contributed by atoms with Gasteiger partial charge < -0.3 is 30.2 Å². The third-order valence-electron chi connectivity index (χ3n) is 7.93. The number of fused-ring (bicyclic) bond motifs is 1. The number of methoxy groups -OCH3 is 1.